The predicted molar refractivity (Wildman–Crippen MR) is 80.3 cm³/mol. The summed E-state index contributed by atoms with van der Waals surface area (Å²) < 4.78 is 2.89. The van der Waals surface area contributed by atoms with Gasteiger partial charge in [-0.05, 0) is 35.1 Å². The molecule has 2 aromatic rings. The fourth-order valence-electron chi connectivity index (χ4n) is 2.60. The quantitative estimate of drug-likeness (QED) is 0.783. The van der Waals surface area contributed by atoms with Crippen molar-refractivity contribution in [3.8, 4) is 6.07 Å². The maximum atomic E-state index is 8.76. The van der Waals surface area contributed by atoms with E-state index in [0.717, 1.165) is 27.6 Å². The van der Waals surface area contributed by atoms with Crippen molar-refractivity contribution in [1.29, 1.82) is 5.26 Å². The Labute approximate surface area is 124 Å². The molecule has 0 unspecified atom stereocenters. The number of pyridine rings is 1. The Balaban J connectivity index is 1.99. The third-order valence-corrected chi connectivity index (χ3v) is 4.24. The molecule has 7 heteroatoms. The number of hydrogen-bond acceptors (Lipinski definition) is 5. The largest absolute Gasteiger partial charge is 0.383 e. The molecule has 0 amide bonds. The molecule has 0 spiro atoms. The van der Waals surface area contributed by atoms with Crippen LogP contribution in [-0.4, -0.2) is 27.4 Å². The first kappa shape index (κ1) is 12.6. The molecule has 0 radical (unpaired) electrons. The van der Waals surface area contributed by atoms with E-state index in [2.05, 4.69) is 44.1 Å². The molecule has 0 bridgehead atoms. The second-order valence-electron chi connectivity index (χ2n) is 4.68. The second kappa shape index (κ2) is 4.94. The van der Waals surface area contributed by atoms with E-state index in [1.165, 1.54) is 0 Å². The fourth-order valence-corrected chi connectivity index (χ4v) is 3.38. The zero-order valence-corrected chi connectivity index (χ0v) is 12.3. The minimum atomic E-state index is 0.256. The van der Waals surface area contributed by atoms with Gasteiger partial charge in [0.2, 0.25) is 0 Å². The van der Waals surface area contributed by atoms with E-state index >= 15 is 0 Å². The number of halogens is 1. The van der Waals surface area contributed by atoms with Gasteiger partial charge in [-0.2, -0.15) is 10.4 Å². The lowest BCUT2D eigenvalue weighted by Gasteiger charge is -2.11. The van der Waals surface area contributed by atoms with Crippen LogP contribution >= 0.6 is 22.6 Å². The van der Waals surface area contributed by atoms with Crippen molar-refractivity contribution in [2.24, 2.45) is 0 Å². The van der Waals surface area contributed by atoms with Crippen LogP contribution in [0.5, 0.6) is 0 Å². The number of rotatable bonds is 2. The van der Waals surface area contributed by atoms with E-state index in [-0.39, 0.29) is 12.1 Å². The monoisotopic (exact) mass is 368 g/mol. The normalized spacial score (nSPS) is 22.7. The van der Waals surface area contributed by atoms with Crippen molar-refractivity contribution in [2.45, 2.75) is 24.9 Å². The Hall–Kier alpha value is -1.40. The summed E-state index contributed by atoms with van der Waals surface area (Å²) in [7, 11) is 0. The van der Waals surface area contributed by atoms with Gasteiger partial charge in [-0.3, -0.25) is 4.68 Å². The van der Waals surface area contributed by atoms with E-state index < -0.39 is 0 Å². The minimum Gasteiger partial charge on any atom is -0.383 e. The summed E-state index contributed by atoms with van der Waals surface area (Å²) in [6.45, 7) is 0.835. The molecule has 3 rings (SSSR count). The van der Waals surface area contributed by atoms with Crippen molar-refractivity contribution in [2.75, 3.05) is 12.3 Å². The van der Waals surface area contributed by atoms with E-state index in [9.17, 15) is 0 Å². The molecule has 0 aliphatic carbocycles. The zero-order valence-electron chi connectivity index (χ0n) is 10.2. The number of fused-ring (bicyclic) bond motifs is 1. The van der Waals surface area contributed by atoms with Crippen LogP contribution in [0.4, 0.5) is 5.82 Å². The SMILES string of the molecule is N#CC[C@H]1C[C@H](n2nc(I)c3c(N)nccc32)CN1. The molecule has 2 aromatic heterocycles. The molecule has 98 valence electrons. The fraction of sp³-hybridized carbons (Fsp3) is 0.417. The lowest BCUT2D eigenvalue weighted by Crippen LogP contribution is -2.20. The van der Waals surface area contributed by atoms with Gasteiger partial charge >= 0.3 is 0 Å². The molecule has 1 aliphatic rings. The van der Waals surface area contributed by atoms with Crippen LogP contribution in [0, 0.1) is 15.0 Å². The van der Waals surface area contributed by atoms with Crippen LogP contribution in [0.2, 0.25) is 0 Å². The summed E-state index contributed by atoms with van der Waals surface area (Å²) in [4.78, 5) is 4.11. The summed E-state index contributed by atoms with van der Waals surface area (Å²) in [6, 6.07) is 4.68. The summed E-state index contributed by atoms with van der Waals surface area (Å²) in [5.41, 5.74) is 6.93. The van der Waals surface area contributed by atoms with E-state index in [1.807, 2.05) is 10.7 Å². The number of nitriles is 1. The van der Waals surface area contributed by atoms with Crippen LogP contribution in [0.1, 0.15) is 18.9 Å². The van der Waals surface area contributed by atoms with Gasteiger partial charge in [-0.25, -0.2) is 4.98 Å². The summed E-state index contributed by atoms with van der Waals surface area (Å²) in [5.74, 6) is 0.521. The molecule has 0 aromatic carbocycles. The molecule has 3 heterocycles. The molecule has 1 fully saturated rings. The highest BCUT2D eigenvalue weighted by atomic mass is 127. The van der Waals surface area contributed by atoms with Crippen molar-refractivity contribution in [1.82, 2.24) is 20.1 Å². The molecule has 19 heavy (non-hydrogen) atoms. The lowest BCUT2D eigenvalue weighted by molar-refractivity contribution is 0.492. The molecule has 3 N–H and O–H groups in total. The molecule has 6 nitrogen and oxygen atoms in total. The number of nitrogen functional groups attached to an aromatic ring is 1. The highest BCUT2D eigenvalue weighted by molar-refractivity contribution is 14.1. The van der Waals surface area contributed by atoms with E-state index in [1.54, 1.807) is 6.20 Å². The first-order valence-electron chi connectivity index (χ1n) is 6.09. The van der Waals surface area contributed by atoms with Crippen LogP contribution in [-0.2, 0) is 0 Å². The smallest absolute Gasteiger partial charge is 0.135 e. The highest BCUT2D eigenvalue weighted by Gasteiger charge is 2.27. The van der Waals surface area contributed by atoms with Crippen molar-refractivity contribution < 1.29 is 0 Å². The van der Waals surface area contributed by atoms with Gasteiger partial charge in [0, 0.05) is 18.8 Å². The molecular weight excluding hydrogens is 355 g/mol. The first-order valence-corrected chi connectivity index (χ1v) is 7.17. The Bertz CT molecular complexity index is 658. The van der Waals surface area contributed by atoms with Gasteiger partial charge in [0.05, 0.1) is 29.4 Å². The van der Waals surface area contributed by atoms with Gasteiger partial charge in [-0.15, -0.1) is 0 Å². The van der Waals surface area contributed by atoms with Gasteiger partial charge in [0.25, 0.3) is 0 Å². The van der Waals surface area contributed by atoms with Gasteiger partial charge in [0.15, 0.2) is 0 Å². The van der Waals surface area contributed by atoms with Crippen LogP contribution < -0.4 is 11.1 Å². The zero-order chi connectivity index (χ0) is 13.4. The number of hydrogen-bond donors (Lipinski definition) is 2. The molecule has 1 aliphatic heterocycles. The molecule has 2 atom stereocenters. The molecular formula is C12H13IN6. The number of anilines is 1. The van der Waals surface area contributed by atoms with E-state index in [4.69, 9.17) is 11.0 Å². The van der Waals surface area contributed by atoms with Crippen molar-refractivity contribution >= 4 is 39.3 Å². The van der Waals surface area contributed by atoms with Crippen LogP contribution in [0.25, 0.3) is 10.9 Å². The van der Waals surface area contributed by atoms with Gasteiger partial charge < -0.3 is 11.1 Å². The summed E-state index contributed by atoms with van der Waals surface area (Å²) in [5, 5.41) is 17.6. The van der Waals surface area contributed by atoms with Gasteiger partial charge in [0.1, 0.15) is 9.52 Å². The third-order valence-electron chi connectivity index (χ3n) is 3.49. The summed E-state index contributed by atoms with van der Waals surface area (Å²) >= 11 is 2.19. The van der Waals surface area contributed by atoms with Crippen molar-refractivity contribution in [3.63, 3.8) is 0 Å². The first-order chi connectivity index (χ1) is 9.20. The standard InChI is InChI=1S/C12H13IN6/c13-11-10-9(2-4-16-12(10)15)19(18-11)8-5-7(1-3-14)17-6-8/h2,4,7-8,17H,1,5-6H2,(H2,15,16)/t7-,8-/m0/s1. The maximum absolute atomic E-state index is 8.76. The second-order valence-corrected chi connectivity index (χ2v) is 5.70. The topological polar surface area (TPSA) is 92.5 Å². The summed E-state index contributed by atoms with van der Waals surface area (Å²) in [6.07, 6.45) is 3.17. The Morgan fingerprint density at radius 1 is 1.63 bits per heavy atom. The minimum absolute atomic E-state index is 0.256. The average Bonchev–Trinajstić information content (AvgIpc) is 2.96. The Morgan fingerprint density at radius 3 is 3.26 bits per heavy atom. The lowest BCUT2D eigenvalue weighted by atomic mass is 10.1. The molecule has 0 saturated carbocycles. The van der Waals surface area contributed by atoms with E-state index in [0.29, 0.717) is 12.2 Å². The Morgan fingerprint density at radius 2 is 2.47 bits per heavy atom. The predicted octanol–water partition coefficient (Wildman–Crippen LogP) is 1.43. The maximum Gasteiger partial charge on any atom is 0.135 e. The molecule has 1 saturated heterocycles. The van der Waals surface area contributed by atoms with Crippen LogP contribution in [0.3, 0.4) is 0 Å². The average molecular weight is 368 g/mol. The Kier molecular flexibility index (Phi) is 3.28. The van der Waals surface area contributed by atoms with Gasteiger partial charge in [-0.1, -0.05) is 0 Å². The third kappa shape index (κ3) is 2.15. The van der Waals surface area contributed by atoms with Crippen LogP contribution in [0.15, 0.2) is 12.3 Å². The number of nitrogens with zero attached hydrogens (tertiary/aromatic N) is 4. The number of nitrogens with one attached hydrogen (secondary N) is 1. The number of nitrogens with two attached hydrogens (primary N) is 1. The highest BCUT2D eigenvalue weighted by Crippen LogP contribution is 2.30. The number of aromatic nitrogens is 3. The van der Waals surface area contributed by atoms with Crippen molar-refractivity contribution in [3.05, 3.63) is 16.0 Å².